The summed E-state index contributed by atoms with van der Waals surface area (Å²) in [5.74, 6) is -0.716. The zero-order valence-corrected chi connectivity index (χ0v) is 10.7. The van der Waals surface area contributed by atoms with E-state index in [0.29, 0.717) is 5.75 Å². The van der Waals surface area contributed by atoms with Crippen molar-refractivity contribution in [1.29, 1.82) is 0 Å². The smallest absolute Gasteiger partial charge is 0.204 e. The Balaban J connectivity index is 2.08. The van der Waals surface area contributed by atoms with E-state index in [1.165, 1.54) is 43.5 Å². The molecule has 0 saturated heterocycles. The van der Waals surface area contributed by atoms with Gasteiger partial charge in [-0.05, 0) is 42.5 Å². The van der Waals surface area contributed by atoms with Gasteiger partial charge in [0.1, 0.15) is 23.1 Å². The molecular formula is C15H12F2O3. The number of Topliss-reactive ketones (excluding diaryl/α,β-unsaturated/α-hetero) is 1. The van der Waals surface area contributed by atoms with Crippen LogP contribution in [0.1, 0.15) is 10.4 Å². The monoisotopic (exact) mass is 278 g/mol. The van der Waals surface area contributed by atoms with Crippen molar-refractivity contribution in [3.63, 3.8) is 0 Å². The Labute approximate surface area is 114 Å². The van der Waals surface area contributed by atoms with Crippen molar-refractivity contribution in [2.75, 3.05) is 13.7 Å². The van der Waals surface area contributed by atoms with Crippen molar-refractivity contribution >= 4 is 5.78 Å². The molecule has 2 aromatic rings. The van der Waals surface area contributed by atoms with Crippen molar-refractivity contribution in [2.45, 2.75) is 0 Å². The molecule has 0 radical (unpaired) electrons. The van der Waals surface area contributed by atoms with Crippen LogP contribution in [0.2, 0.25) is 0 Å². The van der Waals surface area contributed by atoms with Crippen LogP contribution in [0.5, 0.6) is 11.5 Å². The topological polar surface area (TPSA) is 35.5 Å². The van der Waals surface area contributed by atoms with Crippen molar-refractivity contribution in [3.05, 3.63) is 59.7 Å². The number of hydrogen-bond acceptors (Lipinski definition) is 3. The molecule has 0 saturated carbocycles. The molecule has 0 spiro atoms. The average molecular weight is 278 g/mol. The first-order chi connectivity index (χ1) is 9.60. The first-order valence-corrected chi connectivity index (χ1v) is 5.85. The third-order valence-corrected chi connectivity index (χ3v) is 2.65. The summed E-state index contributed by atoms with van der Waals surface area (Å²) in [6.45, 7) is -0.286. The van der Waals surface area contributed by atoms with Gasteiger partial charge in [0.05, 0.1) is 12.7 Å². The molecule has 2 rings (SSSR count). The number of benzene rings is 2. The summed E-state index contributed by atoms with van der Waals surface area (Å²) in [4.78, 5) is 12.0. The number of rotatable bonds is 5. The Kier molecular flexibility index (Phi) is 4.30. The molecule has 0 bridgehead atoms. The maximum atomic E-state index is 13.2. The lowest BCUT2D eigenvalue weighted by atomic mass is 10.1. The predicted octanol–water partition coefficient (Wildman–Crippen LogP) is 3.24. The molecule has 3 nitrogen and oxygen atoms in total. The first-order valence-electron chi connectivity index (χ1n) is 5.85. The van der Waals surface area contributed by atoms with Crippen LogP contribution in [0.3, 0.4) is 0 Å². The largest absolute Gasteiger partial charge is 0.496 e. The van der Waals surface area contributed by atoms with E-state index in [4.69, 9.17) is 9.47 Å². The fourth-order valence-electron chi connectivity index (χ4n) is 1.66. The van der Waals surface area contributed by atoms with Crippen LogP contribution in [-0.2, 0) is 0 Å². The lowest BCUT2D eigenvalue weighted by Crippen LogP contribution is -2.13. The summed E-state index contributed by atoms with van der Waals surface area (Å²) in [5, 5.41) is 0. The fourth-order valence-corrected chi connectivity index (χ4v) is 1.66. The highest BCUT2D eigenvalue weighted by atomic mass is 19.1. The van der Waals surface area contributed by atoms with Gasteiger partial charge in [-0.1, -0.05) is 0 Å². The Morgan fingerprint density at radius 1 is 1.05 bits per heavy atom. The van der Waals surface area contributed by atoms with E-state index in [0.717, 1.165) is 6.07 Å². The summed E-state index contributed by atoms with van der Waals surface area (Å²) in [6, 6.07) is 8.94. The predicted molar refractivity (Wildman–Crippen MR) is 69.2 cm³/mol. The molecule has 0 amide bonds. The molecule has 0 unspecified atom stereocenters. The Bertz CT molecular complexity index is 609. The third-order valence-electron chi connectivity index (χ3n) is 2.65. The van der Waals surface area contributed by atoms with Crippen molar-refractivity contribution in [3.8, 4) is 11.5 Å². The van der Waals surface area contributed by atoms with Gasteiger partial charge < -0.3 is 9.47 Å². The molecule has 0 atom stereocenters. The highest BCUT2D eigenvalue weighted by Gasteiger charge is 2.14. The molecule has 20 heavy (non-hydrogen) atoms. The second-order valence-electron chi connectivity index (χ2n) is 4.01. The minimum Gasteiger partial charge on any atom is -0.496 e. The number of halogens is 2. The first kappa shape index (κ1) is 14.0. The third kappa shape index (κ3) is 3.32. The van der Waals surface area contributed by atoms with Gasteiger partial charge in [0, 0.05) is 0 Å². The number of hydrogen-bond donors (Lipinski definition) is 0. The molecule has 0 fully saturated rings. The molecule has 0 N–H and O–H groups in total. The standard InChI is InChI=1S/C15H12F2O3/c1-19-15-7-4-11(17)8-13(15)14(18)9-20-12-5-2-10(16)3-6-12/h2-8H,9H2,1H3. The van der Waals surface area contributed by atoms with Gasteiger partial charge in [-0.15, -0.1) is 0 Å². The molecule has 0 aliphatic carbocycles. The molecule has 2 aromatic carbocycles. The molecule has 0 aromatic heterocycles. The molecule has 0 aliphatic heterocycles. The Hall–Kier alpha value is -2.43. The van der Waals surface area contributed by atoms with Crippen molar-refractivity contribution in [2.24, 2.45) is 0 Å². The highest BCUT2D eigenvalue weighted by molar-refractivity contribution is 5.99. The number of ether oxygens (including phenoxy) is 2. The quantitative estimate of drug-likeness (QED) is 0.788. The SMILES string of the molecule is COc1ccc(F)cc1C(=O)COc1ccc(F)cc1. The van der Waals surface area contributed by atoms with Crippen LogP contribution in [0.25, 0.3) is 0 Å². The second-order valence-corrected chi connectivity index (χ2v) is 4.01. The number of carbonyl (C=O) groups is 1. The number of methoxy groups -OCH3 is 1. The maximum absolute atomic E-state index is 13.2. The van der Waals surface area contributed by atoms with Gasteiger partial charge in [-0.25, -0.2) is 8.78 Å². The summed E-state index contributed by atoms with van der Waals surface area (Å²) in [7, 11) is 1.39. The van der Waals surface area contributed by atoms with Crippen LogP contribution in [0.4, 0.5) is 8.78 Å². The lowest BCUT2D eigenvalue weighted by Gasteiger charge is -2.09. The van der Waals surface area contributed by atoms with Crippen molar-refractivity contribution in [1.82, 2.24) is 0 Å². The van der Waals surface area contributed by atoms with E-state index < -0.39 is 17.4 Å². The van der Waals surface area contributed by atoms with Crippen LogP contribution in [0, 0.1) is 11.6 Å². The van der Waals surface area contributed by atoms with Gasteiger partial charge in [-0.2, -0.15) is 0 Å². The van der Waals surface area contributed by atoms with E-state index in [2.05, 4.69) is 0 Å². The van der Waals surface area contributed by atoms with Crippen LogP contribution >= 0.6 is 0 Å². The Morgan fingerprint density at radius 3 is 2.35 bits per heavy atom. The minimum atomic E-state index is -0.532. The van der Waals surface area contributed by atoms with E-state index in [9.17, 15) is 13.6 Å². The highest BCUT2D eigenvalue weighted by Crippen LogP contribution is 2.20. The van der Waals surface area contributed by atoms with E-state index in [1.54, 1.807) is 0 Å². The second kappa shape index (κ2) is 6.14. The number of ketones is 1. The Morgan fingerprint density at radius 2 is 1.70 bits per heavy atom. The van der Waals surface area contributed by atoms with E-state index >= 15 is 0 Å². The summed E-state index contributed by atoms with van der Waals surface area (Å²) in [5.41, 5.74) is 0.106. The van der Waals surface area contributed by atoms with Gasteiger partial charge >= 0.3 is 0 Å². The van der Waals surface area contributed by atoms with Gasteiger partial charge in [-0.3, -0.25) is 4.79 Å². The summed E-state index contributed by atoms with van der Waals surface area (Å²) in [6.07, 6.45) is 0. The van der Waals surface area contributed by atoms with Crippen molar-refractivity contribution < 1.29 is 23.0 Å². The molecular weight excluding hydrogens is 266 g/mol. The van der Waals surface area contributed by atoms with Gasteiger partial charge in [0.15, 0.2) is 6.61 Å². The average Bonchev–Trinajstić information content (AvgIpc) is 2.46. The normalized spacial score (nSPS) is 10.2. The van der Waals surface area contributed by atoms with Crippen LogP contribution < -0.4 is 9.47 Å². The van der Waals surface area contributed by atoms with Gasteiger partial charge in [0.25, 0.3) is 0 Å². The minimum absolute atomic E-state index is 0.106. The van der Waals surface area contributed by atoms with Gasteiger partial charge in [0.2, 0.25) is 5.78 Å². The molecule has 104 valence electrons. The zero-order valence-electron chi connectivity index (χ0n) is 10.7. The summed E-state index contributed by atoms with van der Waals surface area (Å²) < 4.78 is 36.1. The number of carbonyl (C=O) groups excluding carboxylic acids is 1. The lowest BCUT2D eigenvalue weighted by molar-refractivity contribution is 0.0918. The molecule has 0 aliphatic rings. The van der Waals surface area contributed by atoms with Crippen LogP contribution in [-0.4, -0.2) is 19.5 Å². The van der Waals surface area contributed by atoms with Crippen LogP contribution in [0.15, 0.2) is 42.5 Å². The molecule has 0 heterocycles. The van der Waals surface area contributed by atoms with E-state index in [1.807, 2.05) is 0 Å². The summed E-state index contributed by atoms with van der Waals surface area (Å²) >= 11 is 0. The maximum Gasteiger partial charge on any atom is 0.204 e. The zero-order chi connectivity index (χ0) is 14.5. The fraction of sp³-hybridized carbons (Fsp3) is 0.133. The van der Waals surface area contributed by atoms with E-state index in [-0.39, 0.29) is 17.9 Å². The molecule has 5 heteroatoms.